The van der Waals surface area contributed by atoms with E-state index in [1.165, 1.54) is 0 Å². The van der Waals surface area contributed by atoms with Crippen molar-refractivity contribution in [3.63, 3.8) is 0 Å². The van der Waals surface area contributed by atoms with Crippen molar-refractivity contribution in [3.05, 3.63) is 6.92 Å². The number of hydrogen-bond donors (Lipinski definition) is 1. The van der Waals surface area contributed by atoms with Crippen LogP contribution in [0.15, 0.2) is 0 Å². The van der Waals surface area contributed by atoms with Gasteiger partial charge in [-0.25, -0.2) is 0 Å². The van der Waals surface area contributed by atoms with E-state index in [0.717, 1.165) is 6.42 Å². The summed E-state index contributed by atoms with van der Waals surface area (Å²) >= 11 is 0. The zero-order valence-electron chi connectivity index (χ0n) is 5.07. The molecule has 1 unspecified atom stereocenters. The Morgan fingerprint density at radius 2 is 2.14 bits per heavy atom. The highest BCUT2D eigenvalue weighted by Gasteiger charge is 2.11. The van der Waals surface area contributed by atoms with Crippen LogP contribution in [0.2, 0.25) is 0 Å². The van der Waals surface area contributed by atoms with Crippen LogP contribution in [0.5, 0.6) is 0 Å². The van der Waals surface area contributed by atoms with Crippen LogP contribution in [-0.4, -0.2) is 11.7 Å². The molecule has 43 valence electrons. The minimum Gasteiger partial charge on any atom is -0.396 e. The Balaban J connectivity index is 3.36. The zero-order chi connectivity index (χ0) is 5.91. The molecule has 0 spiro atoms. The van der Waals surface area contributed by atoms with Crippen LogP contribution >= 0.6 is 0 Å². The summed E-state index contributed by atoms with van der Waals surface area (Å²) in [6.45, 7) is 7.90. The summed E-state index contributed by atoms with van der Waals surface area (Å²) in [7, 11) is 0. The van der Waals surface area contributed by atoms with E-state index in [-0.39, 0.29) is 12.0 Å². The molecule has 0 aliphatic heterocycles. The summed E-state index contributed by atoms with van der Waals surface area (Å²) in [5.74, 6) is 0. The molecule has 1 heteroatoms. The van der Waals surface area contributed by atoms with Crippen molar-refractivity contribution in [1.82, 2.24) is 0 Å². The van der Waals surface area contributed by atoms with Crippen molar-refractivity contribution in [1.29, 1.82) is 0 Å². The molecular formula is C6H13O. The average Bonchev–Trinajstić information content (AvgIpc) is 1.68. The van der Waals surface area contributed by atoms with Crippen molar-refractivity contribution >= 4 is 0 Å². The second kappa shape index (κ2) is 2.31. The molecule has 1 nitrogen and oxygen atoms in total. The van der Waals surface area contributed by atoms with Gasteiger partial charge in [-0.1, -0.05) is 13.8 Å². The average molecular weight is 101 g/mol. The van der Waals surface area contributed by atoms with Gasteiger partial charge in [0.1, 0.15) is 0 Å². The smallest absolute Gasteiger partial charge is 0.0484 e. The lowest BCUT2D eigenvalue weighted by Gasteiger charge is -2.17. The summed E-state index contributed by atoms with van der Waals surface area (Å²) in [5, 5.41) is 8.53. The van der Waals surface area contributed by atoms with Crippen LogP contribution in [0.25, 0.3) is 0 Å². The topological polar surface area (TPSA) is 20.2 Å². The molecule has 0 saturated heterocycles. The first-order valence-corrected chi connectivity index (χ1v) is 2.58. The van der Waals surface area contributed by atoms with Crippen molar-refractivity contribution < 1.29 is 5.11 Å². The van der Waals surface area contributed by atoms with Gasteiger partial charge in [-0.2, -0.15) is 0 Å². The van der Waals surface area contributed by atoms with Gasteiger partial charge in [-0.15, -0.1) is 0 Å². The van der Waals surface area contributed by atoms with E-state index in [9.17, 15) is 0 Å². The molecule has 0 aliphatic carbocycles. The van der Waals surface area contributed by atoms with E-state index >= 15 is 0 Å². The summed E-state index contributed by atoms with van der Waals surface area (Å²) in [4.78, 5) is 0. The van der Waals surface area contributed by atoms with Crippen LogP contribution < -0.4 is 0 Å². The quantitative estimate of drug-likeness (QED) is 0.554. The molecular weight excluding hydrogens is 88.1 g/mol. The third kappa shape index (κ3) is 2.63. The molecule has 0 rings (SSSR count). The molecule has 0 aromatic heterocycles. The first-order valence-electron chi connectivity index (χ1n) is 2.58. The maximum absolute atomic E-state index is 8.53. The van der Waals surface area contributed by atoms with Crippen molar-refractivity contribution in [2.75, 3.05) is 6.61 Å². The molecule has 0 bridgehead atoms. The number of hydrogen-bond acceptors (Lipinski definition) is 1. The van der Waals surface area contributed by atoms with E-state index in [1.807, 2.05) is 13.8 Å². The lowest BCUT2D eigenvalue weighted by atomic mass is 9.92. The highest BCUT2D eigenvalue weighted by Crippen LogP contribution is 2.16. The van der Waals surface area contributed by atoms with Gasteiger partial charge in [-0.05, 0) is 18.8 Å². The SMILES string of the molecule is [CH2]C(C)(CC)CO. The Hall–Kier alpha value is -0.0400. The fourth-order valence-electron chi connectivity index (χ4n) is 0.112. The summed E-state index contributed by atoms with van der Waals surface area (Å²) < 4.78 is 0. The molecule has 0 amide bonds. The third-order valence-electron chi connectivity index (χ3n) is 1.24. The van der Waals surface area contributed by atoms with E-state index in [2.05, 4.69) is 6.92 Å². The fourth-order valence-corrected chi connectivity index (χ4v) is 0.112. The van der Waals surface area contributed by atoms with Gasteiger partial charge in [0, 0.05) is 6.61 Å². The van der Waals surface area contributed by atoms with Gasteiger partial charge < -0.3 is 5.11 Å². The summed E-state index contributed by atoms with van der Waals surface area (Å²) in [6, 6.07) is 0. The lowest BCUT2D eigenvalue weighted by molar-refractivity contribution is 0.178. The van der Waals surface area contributed by atoms with E-state index in [0.29, 0.717) is 0 Å². The van der Waals surface area contributed by atoms with Gasteiger partial charge in [0.15, 0.2) is 0 Å². The minimum atomic E-state index is -0.111. The van der Waals surface area contributed by atoms with Gasteiger partial charge in [0.2, 0.25) is 0 Å². The minimum absolute atomic E-state index is 0.111. The van der Waals surface area contributed by atoms with Crippen molar-refractivity contribution in [2.45, 2.75) is 20.3 Å². The molecule has 1 radical (unpaired) electrons. The molecule has 1 N–H and O–H groups in total. The Morgan fingerprint density at radius 1 is 1.71 bits per heavy atom. The highest BCUT2D eigenvalue weighted by molar-refractivity contribution is 4.72. The van der Waals surface area contributed by atoms with E-state index in [4.69, 9.17) is 5.11 Å². The predicted molar refractivity (Wildman–Crippen MR) is 30.8 cm³/mol. The molecule has 1 atom stereocenters. The molecule has 0 aromatic carbocycles. The number of aliphatic hydroxyl groups is 1. The van der Waals surface area contributed by atoms with Crippen LogP contribution in [0, 0.1) is 12.3 Å². The Bertz CT molecular complexity index is 42.1. The summed E-state index contributed by atoms with van der Waals surface area (Å²) in [6.07, 6.45) is 0.934. The fraction of sp³-hybridized carbons (Fsp3) is 0.833. The van der Waals surface area contributed by atoms with Gasteiger partial charge in [0.05, 0.1) is 0 Å². The summed E-state index contributed by atoms with van der Waals surface area (Å²) in [5.41, 5.74) is -0.111. The Kier molecular flexibility index (Phi) is 2.30. The van der Waals surface area contributed by atoms with Crippen molar-refractivity contribution in [3.8, 4) is 0 Å². The second-order valence-corrected chi connectivity index (χ2v) is 2.32. The predicted octanol–water partition coefficient (Wildman–Crippen LogP) is 1.23. The Labute approximate surface area is 45.4 Å². The zero-order valence-corrected chi connectivity index (χ0v) is 5.07. The standard InChI is InChI=1S/C6H13O/c1-4-6(2,3)5-7/h7H,2,4-5H2,1,3H3. The first kappa shape index (κ1) is 6.96. The molecule has 7 heavy (non-hydrogen) atoms. The second-order valence-electron chi connectivity index (χ2n) is 2.32. The van der Waals surface area contributed by atoms with Crippen LogP contribution in [0.4, 0.5) is 0 Å². The van der Waals surface area contributed by atoms with Crippen molar-refractivity contribution in [2.24, 2.45) is 5.41 Å². The lowest BCUT2D eigenvalue weighted by Crippen LogP contribution is -2.14. The largest absolute Gasteiger partial charge is 0.396 e. The van der Waals surface area contributed by atoms with E-state index in [1.54, 1.807) is 0 Å². The monoisotopic (exact) mass is 101 g/mol. The van der Waals surface area contributed by atoms with Crippen LogP contribution in [0.1, 0.15) is 20.3 Å². The third-order valence-corrected chi connectivity index (χ3v) is 1.24. The maximum atomic E-state index is 8.53. The Morgan fingerprint density at radius 3 is 2.14 bits per heavy atom. The normalized spacial score (nSPS) is 12.0. The number of rotatable bonds is 2. The molecule has 0 aromatic rings. The number of aliphatic hydroxyl groups excluding tert-OH is 1. The molecule has 0 aliphatic rings. The van der Waals surface area contributed by atoms with Crippen LogP contribution in [-0.2, 0) is 0 Å². The van der Waals surface area contributed by atoms with Gasteiger partial charge in [0.25, 0.3) is 0 Å². The molecule has 0 heterocycles. The highest BCUT2D eigenvalue weighted by atomic mass is 16.3. The van der Waals surface area contributed by atoms with E-state index < -0.39 is 0 Å². The molecule has 0 fully saturated rings. The first-order chi connectivity index (χ1) is 3.12. The maximum Gasteiger partial charge on any atom is 0.0484 e. The van der Waals surface area contributed by atoms with Gasteiger partial charge >= 0.3 is 0 Å². The van der Waals surface area contributed by atoms with Gasteiger partial charge in [-0.3, -0.25) is 0 Å². The van der Waals surface area contributed by atoms with Crippen LogP contribution in [0.3, 0.4) is 0 Å². The molecule has 0 saturated carbocycles.